The summed E-state index contributed by atoms with van der Waals surface area (Å²) >= 11 is 1.49. The van der Waals surface area contributed by atoms with Crippen molar-refractivity contribution < 1.29 is 18.8 Å². The Labute approximate surface area is 169 Å². The molecule has 1 fully saturated rings. The fraction of sp³-hybridized carbons (Fsp3) is 0.476. The predicted octanol–water partition coefficient (Wildman–Crippen LogP) is 4.22. The first-order valence-electron chi connectivity index (χ1n) is 9.58. The Balaban J connectivity index is 1.60. The highest BCUT2D eigenvalue weighted by atomic mass is 32.2. The standard InChI is InChI=1S/C21H26N2O4S/c1-14-7-6-8-15(2)23(14)20(24)12-26-21(25)18-9-4-5-10-19(18)28-13-17-11-16(3)27-22-17/h4-5,9-11,14-15H,6-8,12-13H2,1-3H3/t14-,15-/m0/s1. The zero-order valence-corrected chi connectivity index (χ0v) is 17.3. The molecule has 2 aromatic rings. The molecule has 0 unspecified atom stereocenters. The topological polar surface area (TPSA) is 72.6 Å². The van der Waals surface area contributed by atoms with E-state index in [1.807, 2.05) is 43.9 Å². The van der Waals surface area contributed by atoms with Crippen LogP contribution in [0.2, 0.25) is 0 Å². The second-order valence-electron chi connectivity index (χ2n) is 7.22. The van der Waals surface area contributed by atoms with E-state index in [0.29, 0.717) is 11.3 Å². The van der Waals surface area contributed by atoms with E-state index >= 15 is 0 Å². The Morgan fingerprint density at radius 3 is 2.64 bits per heavy atom. The van der Waals surface area contributed by atoms with Gasteiger partial charge < -0.3 is 14.2 Å². The van der Waals surface area contributed by atoms with Gasteiger partial charge in [-0.05, 0) is 52.2 Å². The molecule has 6 nitrogen and oxygen atoms in total. The van der Waals surface area contributed by atoms with Gasteiger partial charge in [-0.1, -0.05) is 17.3 Å². The second kappa shape index (κ2) is 9.28. The largest absolute Gasteiger partial charge is 0.452 e. The molecule has 0 bridgehead atoms. The number of rotatable bonds is 6. The number of amides is 1. The van der Waals surface area contributed by atoms with Gasteiger partial charge in [0.2, 0.25) is 0 Å². The molecule has 3 rings (SSSR count). The van der Waals surface area contributed by atoms with Crippen LogP contribution >= 0.6 is 11.8 Å². The van der Waals surface area contributed by atoms with E-state index in [4.69, 9.17) is 9.26 Å². The van der Waals surface area contributed by atoms with E-state index in [9.17, 15) is 9.59 Å². The lowest BCUT2D eigenvalue weighted by atomic mass is 9.97. The van der Waals surface area contributed by atoms with Gasteiger partial charge in [0.15, 0.2) is 6.61 Å². The maximum absolute atomic E-state index is 12.6. The molecule has 0 aliphatic carbocycles. The Morgan fingerprint density at radius 2 is 1.96 bits per heavy atom. The molecule has 1 aliphatic rings. The molecule has 0 radical (unpaired) electrons. The Bertz CT molecular complexity index is 825. The van der Waals surface area contributed by atoms with Gasteiger partial charge in [-0.2, -0.15) is 0 Å². The molecule has 1 amide bonds. The zero-order chi connectivity index (χ0) is 20.1. The van der Waals surface area contributed by atoms with Crippen molar-refractivity contribution in [2.75, 3.05) is 6.61 Å². The number of aromatic nitrogens is 1. The minimum absolute atomic E-state index is 0.128. The van der Waals surface area contributed by atoms with E-state index < -0.39 is 5.97 Å². The lowest BCUT2D eigenvalue weighted by molar-refractivity contribution is -0.140. The molecular weight excluding hydrogens is 376 g/mol. The number of ether oxygens (including phenoxy) is 1. The minimum atomic E-state index is -0.481. The number of nitrogens with zero attached hydrogens (tertiary/aromatic N) is 2. The molecule has 1 aromatic carbocycles. The van der Waals surface area contributed by atoms with Crippen LogP contribution in [-0.4, -0.2) is 40.6 Å². The van der Waals surface area contributed by atoms with Gasteiger partial charge in [-0.25, -0.2) is 4.79 Å². The number of aryl methyl sites for hydroxylation is 1. The van der Waals surface area contributed by atoms with Crippen molar-refractivity contribution in [1.82, 2.24) is 10.1 Å². The van der Waals surface area contributed by atoms with Crippen molar-refractivity contribution in [1.29, 1.82) is 0 Å². The lowest BCUT2D eigenvalue weighted by Gasteiger charge is -2.38. The highest BCUT2D eigenvalue weighted by Crippen LogP contribution is 2.27. The quantitative estimate of drug-likeness (QED) is 0.532. The number of carbonyl (C=O) groups excluding carboxylic acids is 2. The SMILES string of the molecule is Cc1cc(CSc2ccccc2C(=O)OCC(=O)N2[C@@H](C)CCC[C@@H]2C)no1. The van der Waals surface area contributed by atoms with E-state index in [1.165, 1.54) is 11.8 Å². The summed E-state index contributed by atoms with van der Waals surface area (Å²) in [6, 6.07) is 9.48. The highest BCUT2D eigenvalue weighted by Gasteiger charge is 2.29. The number of hydrogen-bond donors (Lipinski definition) is 0. The van der Waals surface area contributed by atoms with Gasteiger partial charge >= 0.3 is 5.97 Å². The van der Waals surface area contributed by atoms with E-state index in [1.54, 1.807) is 12.1 Å². The van der Waals surface area contributed by atoms with Gasteiger partial charge in [-0.3, -0.25) is 4.79 Å². The van der Waals surface area contributed by atoms with Crippen molar-refractivity contribution in [2.45, 2.75) is 62.8 Å². The summed E-state index contributed by atoms with van der Waals surface area (Å²) in [6.45, 7) is 5.71. The van der Waals surface area contributed by atoms with Crippen molar-refractivity contribution in [2.24, 2.45) is 0 Å². The van der Waals surface area contributed by atoms with Gasteiger partial charge in [0.1, 0.15) is 5.76 Å². The van der Waals surface area contributed by atoms with Crippen LogP contribution in [0.4, 0.5) is 0 Å². The zero-order valence-electron chi connectivity index (χ0n) is 16.5. The molecule has 0 N–H and O–H groups in total. The van der Waals surface area contributed by atoms with Gasteiger partial charge in [-0.15, -0.1) is 11.8 Å². The average Bonchev–Trinajstić information content (AvgIpc) is 3.10. The summed E-state index contributed by atoms with van der Waals surface area (Å²) in [5.41, 5.74) is 1.27. The third-order valence-electron chi connectivity index (χ3n) is 4.97. The molecule has 1 aromatic heterocycles. The van der Waals surface area contributed by atoms with Crippen molar-refractivity contribution in [3.05, 3.63) is 47.3 Å². The fourth-order valence-electron chi connectivity index (χ4n) is 3.59. The average molecular weight is 403 g/mol. The van der Waals surface area contributed by atoms with Crippen LogP contribution in [0.1, 0.15) is 54.9 Å². The predicted molar refractivity (Wildman–Crippen MR) is 107 cm³/mol. The molecular formula is C21H26N2O4S. The molecule has 7 heteroatoms. The molecule has 1 saturated heterocycles. The molecule has 2 atom stereocenters. The van der Waals surface area contributed by atoms with E-state index in [-0.39, 0.29) is 24.6 Å². The summed E-state index contributed by atoms with van der Waals surface area (Å²) in [6.07, 6.45) is 3.11. The highest BCUT2D eigenvalue weighted by molar-refractivity contribution is 7.98. The maximum atomic E-state index is 12.6. The summed E-state index contributed by atoms with van der Waals surface area (Å²) in [7, 11) is 0. The number of thioether (sulfide) groups is 1. The Kier molecular flexibility index (Phi) is 6.78. The third-order valence-corrected chi connectivity index (χ3v) is 6.07. The maximum Gasteiger partial charge on any atom is 0.339 e. The summed E-state index contributed by atoms with van der Waals surface area (Å²) in [5.74, 6) is 0.730. The van der Waals surface area contributed by atoms with Crippen LogP contribution in [0.5, 0.6) is 0 Å². The first kappa shape index (κ1) is 20.5. The molecule has 0 spiro atoms. The van der Waals surface area contributed by atoms with Gasteiger partial charge in [0.25, 0.3) is 5.91 Å². The van der Waals surface area contributed by atoms with Crippen LogP contribution in [0.25, 0.3) is 0 Å². The van der Waals surface area contributed by atoms with Gasteiger partial charge in [0, 0.05) is 28.8 Å². The molecule has 2 heterocycles. The monoisotopic (exact) mass is 402 g/mol. The molecule has 28 heavy (non-hydrogen) atoms. The number of piperidine rings is 1. The van der Waals surface area contributed by atoms with Crippen molar-refractivity contribution >= 4 is 23.6 Å². The number of hydrogen-bond acceptors (Lipinski definition) is 6. The number of benzene rings is 1. The normalized spacial score (nSPS) is 19.5. The van der Waals surface area contributed by atoms with Crippen LogP contribution < -0.4 is 0 Å². The van der Waals surface area contributed by atoms with Crippen LogP contribution in [-0.2, 0) is 15.3 Å². The fourth-order valence-corrected chi connectivity index (χ4v) is 4.51. The number of esters is 1. The second-order valence-corrected chi connectivity index (χ2v) is 8.24. The lowest BCUT2D eigenvalue weighted by Crippen LogP contribution is -2.49. The van der Waals surface area contributed by atoms with Crippen LogP contribution in [0, 0.1) is 6.92 Å². The minimum Gasteiger partial charge on any atom is -0.452 e. The smallest absolute Gasteiger partial charge is 0.339 e. The Hall–Kier alpha value is -2.28. The summed E-state index contributed by atoms with van der Waals surface area (Å²) in [4.78, 5) is 27.8. The first-order chi connectivity index (χ1) is 13.5. The van der Waals surface area contributed by atoms with Crippen molar-refractivity contribution in [3.63, 3.8) is 0 Å². The Morgan fingerprint density at radius 1 is 1.25 bits per heavy atom. The van der Waals surface area contributed by atoms with E-state index in [0.717, 1.165) is 35.6 Å². The van der Waals surface area contributed by atoms with Crippen molar-refractivity contribution in [3.8, 4) is 0 Å². The molecule has 150 valence electrons. The van der Waals surface area contributed by atoms with Crippen LogP contribution in [0.3, 0.4) is 0 Å². The molecule has 1 aliphatic heterocycles. The van der Waals surface area contributed by atoms with Gasteiger partial charge in [0.05, 0.1) is 11.3 Å². The molecule has 0 saturated carbocycles. The summed E-state index contributed by atoms with van der Waals surface area (Å²) in [5, 5.41) is 3.97. The van der Waals surface area contributed by atoms with E-state index in [2.05, 4.69) is 5.16 Å². The number of likely N-dealkylation sites (tertiary alicyclic amines) is 1. The van der Waals surface area contributed by atoms with Crippen LogP contribution in [0.15, 0.2) is 39.8 Å². The summed E-state index contributed by atoms with van der Waals surface area (Å²) < 4.78 is 10.4. The first-order valence-corrected chi connectivity index (χ1v) is 10.6. The number of carbonyl (C=O) groups is 2. The third kappa shape index (κ3) is 4.95.